The van der Waals surface area contributed by atoms with Crippen LogP contribution in [0.4, 0.5) is 0 Å². The molecule has 0 N–H and O–H groups in total. The van der Waals surface area contributed by atoms with Crippen molar-refractivity contribution in [3.8, 4) is 0 Å². The summed E-state index contributed by atoms with van der Waals surface area (Å²) in [5.74, 6) is 1.47. The first-order valence-corrected chi connectivity index (χ1v) is 9.44. The first-order chi connectivity index (χ1) is 9.40. The van der Waals surface area contributed by atoms with Crippen LogP contribution in [-0.4, -0.2) is 11.3 Å². The van der Waals surface area contributed by atoms with Crippen molar-refractivity contribution in [3.05, 3.63) is 35.4 Å². The standard InChI is InChI=1S/C19H33P/c1-7-17-9-11-18(12-10-17)16(5)14-19(6,20-8-2)13-15(3)4/h9-12,15-16,20H,7-8,13-14H2,1-6H3. The lowest BCUT2D eigenvalue weighted by Crippen LogP contribution is -2.24. The highest BCUT2D eigenvalue weighted by Gasteiger charge is 2.27. The van der Waals surface area contributed by atoms with Gasteiger partial charge in [0, 0.05) is 0 Å². The summed E-state index contributed by atoms with van der Waals surface area (Å²) >= 11 is 0. The molecule has 1 heteroatoms. The lowest BCUT2D eigenvalue weighted by Gasteiger charge is -2.34. The molecule has 1 rings (SSSR count). The number of rotatable bonds is 8. The van der Waals surface area contributed by atoms with E-state index in [0.717, 1.165) is 20.9 Å². The zero-order valence-corrected chi connectivity index (χ0v) is 15.3. The molecule has 1 aromatic carbocycles. The third-order valence-corrected chi connectivity index (χ3v) is 5.79. The van der Waals surface area contributed by atoms with Gasteiger partial charge in [0.25, 0.3) is 0 Å². The molecular weight excluding hydrogens is 259 g/mol. The van der Waals surface area contributed by atoms with Crippen LogP contribution in [0.2, 0.25) is 0 Å². The Balaban J connectivity index is 2.75. The van der Waals surface area contributed by atoms with E-state index < -0.39 is 0 Å². The highest BCUT2D eigenvalue weighted by Crippen LogP contribution is 2.44. The summed E-state index contributed by atoms with van der Waals surface area (Å²) in [7, 11) is 1.09. The SMILES string of the molecule is CCPC(C)(CC(C)C)CC(C)c1ccc(CC)cc1. The smallest absolute Gasteiger partial charge is 0.0142 e. The zero-order chi connectivity index (χ0) is 15.2. The molecule has 0 aliphatic carbocycles. The van der Waals surface area contributed by atoms with Gasteiger partial charge in [0.05, 0.1) is 0 Å². The van der Waals surface area contributed by atoms with Crippen LogP contribution < -0.4 is 0 Å². The predicted molar refractivity (Wildman–Crippen MR) is 95.6 cm³/mol. The van der Waals surface area contributed by atoms with Gasteiger partial charge in [-0.15, -0.1) is 8.58 Å². The minimum absolute atomic E-state index is 0.520. The third kappa shape index (κ3) is 5.57. The van der Waals surface area contributed by atoms with Crippen molar-refractivity contribution in [1.82, 2.24) is 0 Å². The summed E-state index contributed by atoms with van der Waals surface area (Å²) in [5, 5.41) is 0.520. The van der Waals surface area contributed by atoms with Gasteiger partial charge < -0.3 is 0 Å². The fourth-order valence-electron chi connectivity index (χ4n) is 3.43. The van der Waals surface area contributed by atoms with E-state index in [4.69, 9.17) is 0 Å². The Labute approximate surface area is 128 Å². The van der Waals surface area contributed by atoms with E-state index in [-0.39, 0.29) is 0 Å². The Kier molecular flexibility index (Phi) is 7.24. The van der Waals surface area contributed by atoms with E-state index >= 15 is 0 Å². The second kappa shape index (κ2) is 8.18. The minimum Gasteiger partial charge on any atom is -0.116 e. The second-order valence-corrected chi connectivity index (χ2v) is 9.16. The quantitative estimate of drug-likeness (QED) is 0.497. The van der Waals surface area contributed by atoms with Crippen LogP contribution in [0, 0.1) is 5.92 Å². The van der Waals surface area contributed by atoms with Gasteiger partial charge in [-0.3, -0.25) is 0 Å². The van der Waals surface area contributed by atoms with Crippen LogP contribution in [0.15, 0.2) is 24.3 Å². The fraction of sp³-hybridized carbons (Fsp3) is 0.684. The van der Waals surface area contributed by atoms with Crippen LogP contribution in [-0.2, 0) is 6.42 Å². The number of benzene rings is 1. The average Bonchev–Trinajstić information content (AvgIpc) is 2.37. The molecule has 0 fully saturated rings. The Morgan fingerprint density at radius 2 is 1.60 bits per heavy atom. The maximum absolute atomic E-state index is 2.51. The summed E-state index contributed by atoms with van der Waals surface area (Å²) in [6.07, 6.45) is 5.14. The van der Waals surface area contributed by atoms with Crippen molar-refractivity contribution < 1.29 is 0 Å². The molecule has 0 aliphatic rings. The van der Waals surface area contributed by atoms with Gasteiger partial charge >= 0.3 is 0 Å². The van der Waals surface area contributed by atoms with Gasteiger partial charge in [0.15, 0.2) is 0 Å². The van der Waals surface area contributed by atoms with Crippen molar-refractivity contribution in [2.45, 2.75) is 71.9 Å². The van der Waals surface area contributed by atoms with Crippen LogP contribution >= 0.6 is 8.58 Å². The van der Waals surface area contributed by atoms with Crippen molar-refractivity contribution in [3.63, 3.8) is 0 Å². The van der Waals surface area contributed by atoms with Gasteiger partial charge in [-0.05, 0) is 53.5 Å². The Morgan fingerprint density at radius 1 is 1.00 bits per heavy atom. The number of hydrogen-bond donors (Lipinski definition) is 0. The van der Waals surface area contributed by atoms with Crippen LogP contribution in [0.25, 0.3) is 0 Å². The molecule has 20 heavy (non-hydrogen) atoms. The Morgan fingerprint density at radius 3 is 2.05 bits per heavy atom. The van der Waals surface area contributed by atoms with E-state index in [1.165, 1.54) is 30.1 Å². The summed E-state index contributed by atoms with van der Waals surface area (Å²) < 4.78 is 0. The van der Waals surface area contributed by atoms with Gasteiger partial charge in [-0.25, -0.2) is 0 Å². The van der Waals surface area contributed by atoms with E-state index in [0.29, 0.717) is 11.1 Å². The van der Waals surface area contributed by atoms with Crippen molar-refractivity contribution in [2.75, 3.05) is 6.16 Å². The molecule has 0 aromatic heterocycles. The average molecular weight is 292 g/mol. The van der Waals surface area contributed by atoms with E-state index in [1.54, 1.807) is 0 Å². The molecule has 0 saturated carbocycles. The Hall–Kier alpha value is -0.350. The van der Waals surface area contributed by atoms with Crippen molar-refractivity contribution >= 4 is 8.58 Å². The summed E-state index contributed by atoms with van der Waals surface area (Å²) in [5.41, 5.74) is 2.96. The molecule has 1 aromatic rings. The first kappa shape index (κ1) is 17.7. The van der Waals surface area contributed by atoms with Gasteiger partial charge in [-0.1, -0.05) is 65.8 Å². The predicted octanol–water partition coefficient (Wildman–Crippen LogP) is 6.25. The van der Waals surface area contributed by atoms with Crippen LogP contribution in [0.1, 0.15) is 71.4 Å². The molecule has 114 valence electrons. The van der Waals surface area contributed by atoms with Gasteiger partial charge in [0.2, 0.25) is 0 Å². The second-order valence-electron chi connectivity index (χ2n) is 6.89. The molecule has 0 radical (unpaired) electrons. The molecule has 0 bridgehead atoms. The highest BCUT2D eigenvalue weighted by atomic mass is 31.1. The molecule has 0 saturated heterocycles. The molecule has 0 spiro atoms. The monoisotopic (exact) mass is 292 g/mol. The summed E-state index contributed by atoms with van der Waals surface area (Å²) in [6.45, 7) is 14.2. The molecule has 3 unspecified atom stereocenters. The molecule has 0 amide bonds. The molecule has 0 heterocycles. The molecule has 0 nitrogen and oxygen atoms in total. The summed E-state index contributed by atoms with van der Waals surface area (Å²) in [4.78, 5) is 0. The zero-order valence-electron chi connectivity index (χ0n) is 14.3. The largest absolute Gasteiger partial charge is 0.116 e. The maximum atomic E-state index is 2.51. The van der Waals surface area contributed by atoms with Crippen molar-refractivity contribution in [1.29, 1.82) is 0 Å². The molecular formula is C19H33P. The lowest BCUT2D eigenvalue weighted by molar-refractivity contribution is 0.426. The van der Waals surface area contributed by atoms with Gasteiger partial charge in [0.1, 0.15) is 0 Å². The third-order valence-electron chi connectivity index (χ3n) is 4.18. The van der Waals surface area contributed by atoms with Crippen molar-refractivity contribution in [2.24, 2.45) is 5.92 Å². The Bertz CT molecular complexity index is 379. The topological polar surface area (TPSA) is 0 Å². The number of hydrogen-bond acceptors (Lipinski definition) is 0. The molecule has 3 atom stereocenters. The van der Waals surface area contributed by atoms with Gasteiger partial charge in [-0.2, -0.15) is 0 Å². The van der Waals surface area contributed by atoms with E-state index in [2.05, 4.69) is 65.8 Å². The summed E-state index contributed by atoms with van der Waals surface area (Å²) in [6, 6.07) is 9.28. The normalized spacial score (nSPS) is 16.8. The lowest BCUT2D eigenvalue weighted by atomic mass is 9.85. The number of aryl methyl sites for hydroxylation is 1. The van der Waals surface area contributed by atoms with Crippen LogP contribution in [0.5, 0.6) is 0 Å². The molecule has 0 aliphatic heterocycles. The minimum atomic E-state index is 0.520. The van der Waals surface area contributed by atoms with E-state index in [1.807, 2.05) is 0 Å². The first-order valence-electron chi connectivity index (χ1n) is 8.24. The maximum Gasteiger partial charge on any atom is -0.0142 e. The van der Waals surface area contributed by atoms with Crippen LogP contribution in [0.3, 0.4) is 0 Å². The fourth-order valence-corrected chi connectivity index (χ4v) is 5.29. The highest BCUT2D eigenvalue weighted by molar-refractivity contribution is 7.39. The van der Waals surface area contributed by atoms with E-state index in [9.17, 15) is 0 Å².